The lowest BCUT2D eigenvalue weighted by molar-refractivity contribution is -0.123. The van der Waals surface area contributed by atoms with Gasteiger partial charge in [0, 0.05) is 29.8 Å². The third-order valence-corrected chi connectivity index (χ3v) is 4.52. The second kappa shape index (κ2) is 5.24. The van der Waals surface area contributed by atoms with Crippen LogP contribution in [0.3, 0.4) is 0 Å². The van der Waals surface area contributed by atoms with E-state index in [9.17, 15) is 9.59 Å². The van der Waals surface area contributed by atoms with Gasteiger partial charge in [0.2, 0.25) is 5.91 Å². The molecular formula is C14H18BrN3O2. The summed E-state index contributed by atoms with van der Waals surface area (Å²) >= 11 is 3.44. The molecule has 1 saturated heterocycles. The van der Waals surface area contributed by atoms with E-state index in [-0.39, 0.29) is 17.7 Å². The fourth-order valence-electron chi connectivity index (χ4n) is 2.83. The van der Waals surface area contributed by atoms with Gasteiger partial charge in [-0.15, -0.1) is 0 Å². The summed E-state index contributed by atoms with van der Waals surface area (Å²) in [6.45, 7) is 1.15. The van der Waals surface area contributed by atoms with Crippen molar-refractivity contribution in [3.63, 3.8) is 0 Å². The molecule has 1 unspecified atom stereocenters. The molecule has 0 radical (unpaired) electrons. The number of rotatable bonds is 3. The summed E-state index contributed by atoms with van der Waals surface area (Å²) in [6.07, 6.45) is 5.86. The minimum absolute atomic E-state index is 0.00792. The van der Waals surface area contributed by atoms with Gasteiger partial charge in [0.1, 0.15) is 5.69 Å². The van der Waals surface area contributed by atoms with Crippen molar-refractivity contribution in [1.82, 2.24) is 9.47 Å². The van der Waals surface area contributed by atoms with Crippen molar-refractivity contribution >= 4 is 27.7 Å². The lowest BCUT2D eigenvalue weighted by atomic mass is 9.97. The van der Waals surface area contributed by atoms with Crippen LogP contribution in [0.4, 0.5) is 0 Å². The van der Waals surface area contributed by atoms with Crippen LogP contribution >= 0.6 is 15.9 Å². The van der Waals surface area contributed by atoms with Gasteiger partial charge in [0.05, 0.1) is 5.92 Å². The molecule has 0 spiro atoms. The van der Waals surface area contributed by atoms with E-state index in [0.717, 1.165) is 30.2 Å². The molecule has 0 aromatic carbocycles. The average Bonchev–Trinajstić information content (AvgIpc) is 3.21. The van der Waals surface area contributed by atoms with Gasteiger partial charge in [0.25, 0.3) is 5.91 Å². The van der Waals surface area contributed by atoms with Gasteiger partial charge in [-0.2, -0.15) is 0 Å². The zero-order chi connectivity index (χ0) is 14.3. The summed E-state index contributed by atoms with van der Waals surface area (Å²) in [7, 11) is 0. The number of amides is 2. The number of halogens is 1. The maximum atomic E-state index is 12.7. The van der Waals surface area contributed by atoms with Gasteiger partial charge in [-0.25, -0.2) is 0 Å². The van der Waals surface area contributed by atoms with Crippen molar-refractivity contribution in [1.29, 1.82) is 0 Å². The van der Waals surface area contributed by atoms with E-state index in [4.69, 9.17) is 5.73 Å². The van der Waals surface area contributed by atoms with Crippen LogP contribution in [0, 0.1) is 5.92 Å². The van der Waals surface area contributed by atoms with Crippen molar-refractivity contribution < 1.29 is 9.59 Å². The molecule has 2 aliphatic rings. The molecular weight excluding hydrogens is 322 g/mol. The summed E-state index contributed by atoms with van der Waals surface area (Å²) in [6, 6.07) is 2.33. The zero-order valence-electron chi connectivity index (χ0n) is 11.2. The molecule has 1 aliphatic carbocycles. The minimum atomic E-state index is -0.304. The first kappa shape index (κ1) is 13.7. The molecule has 1 aromatic rings. The van der Waals surface area contributed by atoms with Crippen LogP contribution < -0.4 is 5.73 Å². The molecule has 20 heavy (non-hydrogen) atoms. The number of hydrogen-bond acceptors (Lipinski definition) is 2. The molecule has 2 amide bonds. The highest BCUT2D eigenvalue weighted by molar-refractivity contribution is 9.10. The van der Waals surface area contributed by atoms with Crippen molar-refractivity contribution in [2.75, 3.05) is 13.1 Å². The van der Waals surface area contributed by atoms with Gasteiger partial charge in [0.15, 0.2) is 0 Å². The largest absolute Gasteiger partial charge is 0.369 e. The van der Waals surface area contributed by atoms with Crippen molar-refractivity contribution in [2.45, 2.75) is 31.7 Å². The number of carbonyl (C=O) groups is 2. The Hall–Kier alpha value is -1.30. The number of likely N-dealkylation sites (tertiary alicyclic amines) is 1. The molecule has 1 aliphatic heterocycles. The number of primary amides is 1. The van der Waals surface area contributed by atoms with Crippen LogP contribution in [0.5, 0.6) is 0 Å². The summed E-state index contributed by atoms with van der Waals surface area (Å²) < 4.78 is 2.98. The van der Waals surface area contributed by atoms with Gasteiger partial charge in [-0.1, -0.05) is 0 Å². The lowest BCUT2D eigenvalue weighted by Crippen LogP contribution is -2.44. The number of carbonyl (C=O) groups excluding carboxylic acids is 2. The average molecular weight is 340 g/mol. The van der Waals surface area contributed by atoms with Crippen LogP contribution in [0.15, 0.2) is 16.7 Å². The van der Waals surface area contributed by atoms with E-state index in [1.165, 1.54) is 0 Å². The molecule has 5 nitrogen and oxygen atoms in total. The van der Waals surface area contributed by atoms with Crippen molar-refractivity contribution in [3.05, 3.63) is 22.4 Å². The Morgan fingerprint density at radius 1 is 1.30 bits per heavy atom. The highest BCUT2D eigenvalue weighted by Gasteiger charge is 2.32. The molecule has 1 atom stereocenters. The Morgan fingerprint density at radius 2 is 2.05 bits per heavy atom. The molecule has 108 valence electrons. The molecule has 1 saturated carbocycles. The molecule has 2 heterocycles. The van der Waals surface area contributed by atoms with Gasteiger partial charge < -0.3 is 15.2 Å². The van der Waals surface area contributed by atoms with Crippen LogP contribution in [-0.4, -0.2) is 34.4 Å². The first-order valence-corrected chi connectivity index (χ1v) is 7.81. The van der Waals surface area contributed by atoms with Crippen LogP contribution in [0.25, 0.3) is 0 Å². The third kappa shape index (κ3) is 2.61. The van der Waals surface area contributed by atoms with E-state index in [2.05, 4.69) is 20.5 Å². The Bertz CT molecular complexity index is 551. The van der Waals surface area contributed by atoms with Crippen LogP contribution in [0.1, 0.15) is 42.2 Å². The molecule has 0 bridgehead atoms. The topological polar surface area (TPSA) is 68.3 Å². The Morgan fingerprint density at radius 3 is 2.70 bits per heavy atom. The van der Waals surface area contributed by atoms with E-state index >= 15 is 0 Å². The maximum Gasteiger partial charge on any atom is 0.270 e. The summed E-state index contributed by atoms with van der Waals surface area (Å²) in [5, 5.41) is 0. The quantitative estimate of drug-likeness (QED) is 0.913. The predicted molar refractivity (Wildman–Crippen MR) is 78.2 cm³/mol. The van der Waals surface area contributed by atoms with E-state index in [0.29, 0.717) is 24.8 Å². The summed E-state index contributed by atoms with van der Waals surface area (Å²) in [4.78, 5) is 25.7. The smallest absolute Gasteiger partial charge is 0.270 e. The second-order valence-corrected chi connectivity index (χ2v) is 6.59. The standard InChI is InChI=1S/C14H18BrN3O2/c15-10-6-12(18(8-10)11-3-4-11)14(20)17-5-1-2-9(7-17)13(16)19/h6,8-9,11H,1-5,7H2,(H2,16,19). The van der Waals surface area contributed by atoms with Gasteiger partial charge in [-0.3, -0.25) is 9.59 Å². The van der Waals surface area contributed by atoms with Gasteiger partial charge >= 0.3 is 0 Å². The first-order valence-electron chi connectivity index (χ1n) is 7.02. The highest BCUT2D eigenvalue weighted by Crippen LogP contribution is 2.38. The highest BCUT2D eigenvalue weighted by atomic mass is 79.9. The fourth-order valence-corrected chi connectivity index (χ4v) is 3.27. The SMILES string of the molecule is NC(=O)C1CCCN(C(=O)c2cc(Br)cn2C2CC2)C1. The molecule has 2 N–H and O–H groups in total. The van der Waals surface area contributed by atoms with Crippen molar-refractivity contribution in [3.8, 4) is 0 Å². The number of aromatic nitrogens is 1. The Kier molecular flexibility index (Phi) is 3.58. The Labute approximate surface area is 126 Å². The minimum Gasteiger partial charge on any atom is -0.369 e. The van der Waals surface area contributed by atoms with E-state index in [1.54, 1.807) is 4.90 Å². The summed E-state index contributed by atoms with van der Waals surface area (Å²) in [5.41, 5.74) is 6.08. The van der Waals surface area contributed by atoms with E-state index < -0.39 is 0 Å². The molecule has 2 fully saturated rings. The van der Waals surface area contributed by atoms with Crippen LogP contribution in [-0.2, 0) is 4.79 Å². The number of nitrogens with two attached hydrogens (primary N) is 1. The molecule has 1 aromatic heterocycles. The second-order valence-electron chi connectivity index (χ2n) is 5.67. The van der Waals surface area contributed by atoms with E-state index in [1.807, 2.05) is 12.3 Å². The number of hydrogen-bond donors (Lipinski definition) is 1. The first-order chi connectivity index (χ1) is 9.56. The van der Waals surface area contributed by atoms with Gasteiger partial charge in [-0.05, 0) is 47.7 Å². The molecule has 3 rings (SSSR count). The van der Waals surface area contributed by atoms with Crippen LogP contribution in [0.2, 0.25) is 0 Å². The Balaban J connectivity index is 1.80. The molecule has 6 heteroatoms. The monoisotopic (exact) mass is 339 g/mol. The summed E-state index contributed by atoms with van der Waals surface area (Å²) in [5.74, 6) is -0.504. The lowest BCUT2D eigenvalue weighted by Gasteiger charge is -2.31. The normalized spacial score (nSPS) is 22.9. The third-order valence-electron chi connectivity index (χ3n) is 4.09. The zero-order valence-corrected chi connectivity index (χ0v) is 12.8. The fraction of sp³-hybridized carbons (Fsp3) is 0.571. The predicted octanol–water partition coefficient (Wildman–Crippen LogP) is 1.92. The van der Waals surface area contributed by atoms with Crippen molar-refractivity contribution in [2.24, 2.45) is 11.7 Å². The maximum absolute atomic E-state index is 12.7. The number of nitrogens with zero attached hydrogens (tertiary/aromatic N) is 2. The number of piperidine rings is 1.